The first-order chi connectivity index (χ1) is 12.8. The van der Waals surface area contributed by atoms with Crippen molar-refractivity contribution >= 4 is 16.7 Å². The van der Waals surface area contributed by atoms with Gasteiger partial charge in [0, 0.05) is 41.0 Å². The van der Waals surface area contributed by atoms with E-state index in [-0.39, 0.29) is 5.78 Å². The van der Waals surface area contributed by atoms with Crippen LogP contribution in [0.25, 0.3) is 10.9 Å². The molecule has 0 aliphatic rings. The molecule has 2 N–H and O–H groups in total. The monoisotopic (exact) mass is 346 g/mol. The van der Waals surface area contributed by atoms with Gasteiger partial charge in [-0.25, -0.2) is 0 Å². The average molecular weight is 346 g/mol. The van der Waals surface area contributed by atoms with E-state index in [4.69, 9.17) is 0 Å². The lowest BCUT2D eigenvalue weighted by Crippen LogP contribution is -2.18. The molecule has 26 heavy (non-hydrogen) atoms. The number of aromatic nitrogens is 1. The van der Waals surface area contributed by atoms with Crippen LogP contribution in [0, 0.1) is 0 Å². The molecular weight excluding hydrogens is 320 g/mol. The van der Waals surface area contributed by atoms with Gasteiger partial charge in [-0.15, -0.1) is 0 Å². The van der Waals surface area contributed by atoms with Crippen molar-refractivity contribution in [2.24, 2.45) is 0 Å². The lowest BCUT2D eigenvalue weighted by Gasteiger charge is -2.11. The van der Waals surface area contributed by atoms with Crippen LogP contribution in [-0.4, -0.2) is 17.3 Å². The number of hydrogen-bond acceptors (Lipinski definition) is 2. The van der Waals surface area contributed by atoms with Crippen LogP contribution in [0.3, 0.4) is 0 Å². The number of para-hydroxylation sites is 1. The minimum atomic E-state index is 0.0660. The van der Waals surface area contributed by atoms with Crippen LogP contribution in [-0.2, 0) is 6.42 Å². The summed E-state index contributed by atoms with van der Waals surface area (Å²) in [7, 11) is 0. The van der Waals surface area contributed by atoms with E-state index in [1.807, 2.05) is 36.4 Å². The van der Waals surface area contributed by atoms with Crippen LogP contribution in [0.15, 0.2) is 72.6 Å². The van der Waals surface area contributed by atoms with Gasteiger partial charge in [0.05, 0.1) is 0 Å². The summed E-state index contributed by atoms with van der Waals surface area (Å²) in [6.45, 7) is 2.99. The molecule has 0 spiro atoms. The van der Waals surface area contributed by atoms with E-state index in [9.17, 15) is 4.79 Å². The van der Waals surface area contributed by atoms with E-state index >= 15 is 0 Å². The van der Waals surface area contributed by atoms with Gasteiger partial charge < -0.3 is 10.3 Å². The Morgan fingerprint density at radius 1 is 1.08 bits per heavy atom. The number of fused-ring (bicyclic) bond motifs is 1. The summed E-state index contributed by atoms with van der Waals surface area (Å²) in [6, 6.07) is 17.8. The maximum atomic E-state index is 12.5. The Kier molecular flexibility index (Phi) is 6.26. The second kappa shape index (κ2) is 9.04. The summed E-state index contributed by atoms with van der Waals surface area (Å²) in [5.74, 6) is 0.0660. The summed E-state index contributed by atoms with van der Waals surface area (Å²) < 4.78 is 0. The number of carbonyl (C=O) groups is 1. The summed E-state index contributed by atoms with van der Waals surface area (Å²) in [4.78, 5) is 15.8. The van der Waals surface area contributed by atoms with Crippen LogP contribution >= 0.6 is 0 Å². The molecule has 3 aromatic rings. The molecule has 3 heteroatoms. The van der Waals surface area contributed by atoms with E-state index in [1.165, 1.54) is 16.5 Å². The molecule has 134 valence electrons. The van der Waals surface area contributed by atoms with Gasteiger partial charge in [-0.1, -0.05) is 61.9 Å². The number of rotatable bonds is 9. The zero-order valence-electron chi connectivity index (χ0n) is 15.3. The van der Waals surface area contributed by atoms with Crippen molar-refractivity contribution in [3.05, 3.63) is 83.7 Å². The highest BCUT2D eigenvalue weighted by atomic mass is 16.1. The zero-order chi connectivity index (χ0) is 18.2. The molecule has 0 aliphatic heterocycles. The summed E-state index contributed by atoms with van der Waals surface area (Å²) >= 11 is 0. The summed E-state index contributed by atoms with van der Waals surface area (Å²) in [5.41, 5.74) is 4.24. The second-order valence-corrected chi connectivity index (χ2v) is 6.54. The highest BCUT2D eigenvalue weighted by Crippen LogP contribution is 2.18. The smallest absolute Gasteiger partial charge is 0.187 e. The van der Waals surface area contributed by atoms with Gasteiger partial charge in [0.1, 0.15) is 0 Å². The number of carbonyl (C=O) groups excluding carboxylic acids is 1. The highest BCUT2D eigenvalue weighted by molar-refractivity contribution is 6.04. The number of nitrogens with one attached hydrogen (secondary N) is 2. The Bertz CT molecular complexity index is 877. The van der Waals surface area contributed by atoms with Crippen molar-refractivity contribution in [2.75, 3.05) is 6.54 Å². The number of aromatic amines is 1. The van der Waals surface area contributed by atoms with Gasteiger partial charge in [0.2, 0.25) is 0 Å². The minimum Gasteiger partial charge on any atom is -0.388 e. The number of benzene rings is 2. The topological polar surface area (TPSA) is 44.9 Å². The standard InChI is InChI=1S/C23H26N2O/c1-2-3-11-20(16-23(26)18-9-5-4-6-10-18)24-15-14-19-17-25-22-13-8-7-12-21(19)22/h4-10,12-13,16-17,24-25H,2-3,11,14-15H2,1H3/b20-16+. The van der Waals surface area contributed by atoms with Crippen LogP contribution in [0.1, 0.15) is 42.1 Å². The molecule has 0 saturated carbocycles. The van der Waals surface area contributed by atoms with E-state index in [2.05, 4.69) is 41.6 Å². The quantitative estimate of drug-likeness (QED) is 0.410. The van der Waals surface area contributed by atoms with Crippen molar-refractivity contribution in [1.82, 2.24) is 10.3 Å². The molecule has 1 heterocycles. The van der Waals surface area contributed by atoms with Crippen LogP contribution < -0.4 is 5.32 Å². The predicted octanol–water partition coefficient (Wildman–Crippen LogP) is 5.26. The van der Waals surface area contributed by atoms with Crippen molar-refractivity contribution in [2.45, 2.75) is 32.6 Å². The second-order valence-electron chi connectivity index (χ2n) is 6.54. The Morgan fingerprint density at radius 2 is 1.85 bits per heavy atom. The highest BCUT2D eigenvalue weighted by Gasteiger charge is 2.06. The molecular formula is C23H26N2O. The zero-order valence-corrected chi connectivity index (χ0v) is 15.3. The molecule has 0 radical (unpaired) electrons. The van der Waals surface area contributed by atoms with E-state index < -0.39 is 0 Å². The fourth-order valence-electron chi connectivity index (χ4n) is 3.12. The van der Waals surface area contributed by atoms with Crippen LogP contribution in [0.2, 0.25) is 0 Å². The largest absolute Gasteiger partial charge is 0.388 e. The van der Waals surface area contributed by atoms with Crippen LogP contribution in [0.5, 0.6) is 0 Å². The number of H-pyrrole nitrogens is 1. The first kappa shape index (κ1) is 18.0. The van der Waals surface area contributed by atoms with E-state index in [0.717, 1.165) is 43.5 Å². The van der Waals surface area contributed by atoms with Crippen molar-refractivity contribution in [3.8, 4) is 0 Å². The molecule has 1 aromatic heterocycles. The van der Waals surface area contributed by atoms with Crippen LogP contribution in [0.4, 0.5) is 0 Å². The molecule has 0 saturated heterocycles. The third kappa shape index (κ3) is 4.63. The first-order valence-electron chi connectivity index (χ1n) is 9.36. The average Bonchev–Trinajstić information content (AvgIpc) is 3.10. The Morgan fingerprint density at radius 3 is 2.65 bits per heavy atom. The first-order valence-corrected chi connectivity index (χ1v) is 9.36. The fraction of sp³-hybridized carbons (Fsp3) is 0.261. The molecule has 0 aliphatic carbocycles. The maximum Gasteiger partial charge on any atom is 0.187 e. The molecule has 0 atom stereocenters. The number of ketones is 1. The summed E-state index contributed by atoms with van der Waals surface area (Å²) in [5, 5.41) is 4.76. The Hall–Kier alpha value is -2.81. The maximum absolute atomic E-state index is 12.5. The lowest BCUT2D eigenvalue weighted by molar-refractivity contribution is 0.104. The van der Waals surface area contributed by atoms with E-state index in [0.29, 0.717) is 0 Å². The normalized spacial score (nSPS) is 11.7. The minimum absolute atomic E-state index is 0.0660. The molecule has 0 bridgehead atoms. The fourth-order valence-corrected chi connectivity index (χ4v) is 3.12. The predicted molar refractivity (Wildman–Crippen MR) is 108 cm³/mol. The van der Waals surface area contributed by atoms with Crippen molar-refractivity contribution in [3.63, 3.8) is 0 Å². The molecule has 2 aromatic carbocycles. The Labute approximate surface area is 155 Å². The number of allylic oxidation sites excluding steroid dienone is 2. The Balaban J connectivity index is 1.64. The van der Waals surface area contributed by atoms with Gasteiger partial charge in [0.15, 0.2) is 5.78 Å². The third-order valence-corrected chi connectivity index (χ3v) is 4.58. The molecule has 3 nitrogen and oxygen atoms in total. The van der Waals surface area contributed by atoms with Crippen molar-refractivity contribution in [1.29, 1.82) is 0 Å². The van der Waals surface area contributed by atoms with Gasteiger partial charge in [0.25, 0.3) is 0 Å². The van der Waals surface area contributed by atoms with Gasteiger partial charge in [-0.05, 0) is 30.9 Å². The van der Waals surface area contributed by atoms with Gasteiger partial charge in [-0.2, -0.15) is 0 Å². The molecule has 0 amide bonds. The molecule has 3 rings (SSSR count). The molecule has 0 unspecified atom stereocenters. The van der Waals surface area contributed by atoms with Crippen molar-refractivity contribution < 1.29 is 4.79 Å². The third-order valence-electron chi connectivity index (χ3n) is 4.58. The number of unbranched alkanes of at least 4 members (excludes halogenated alkanes) is 1. The number of hydrogen-bond donors (Lipinski definition) is 2. The summed E-state index contributed by atoms with van der Waals surface area (Å²) in [6.07, 6.45) is 7.86. The lowest BCUT2D eigenvalue weighted by atomic mass is 10.1. The van der Waals surface area contributed by atoms with E-state index in [1.54, 1.807) is 6.08 Å². The SMILES string of the molecule is CCCC/C(=C\C(=O)c1ccccc1)NCCc1c[nH]c2ccccc12. The van der Waals surface area contributed by atoms with Gasteiger partial charge >= 0.3 is 0 Å². The molecule has 0 fully saturated rings. The van der Waals surface area contributed by atoms with Gasteiger partial charge in [-0.3, -0.25) is 4.79 Å².